The minimum atomic E-state index is -0.320. The Morgan fingerprint density at radius 3 is 1.82 bits per heavy atom. The van der Waals surface area contributed by atoms with Crippen LogP contribution in [0.2, 0.25) is 0 Å². The second kappa shape index (κ2) is 5.82. The van der Waals surface area contributed by atoms with E-state index in [1.54, 1.807) is 24.3 Å². The number of rotatable bonds is 5. The van der Waals surface area contributed by atoms with Crippen LogP contribution in [0.1, 0.15) is 24.5 Å². The van der Waals surface area contributed by atoms with Gasteiger partial charge in [0.15, 0.2) is 0 Å². The third-order valence-corrected chi connectivity index (χ3v) is 4.81. The molecule has 3 nitrogen and oxygen atoms in total. The van der Waals surface area contributed by atoms with Crippen molar-refractivity contribution < 1.29 is 14.9 Å². The van der Waals surface area contributed by atoms with E-state index in [1.165, 1.54) is 0 Å². The number of epoxide rings is 1. The number of aromatic hydroxyl groups is 2. The number of phenols is 2. The van der Waals surface area contributed by atoms with Gasteiger partial charge < -0.3 is 14.9 Å². The van der Waals surface area contributed by atoms with Gasteiger partial charge in [-0.15, -0.1) is 11.6 Å². The third-order valence-electron chi connectivity index (χ3n) is 4.37. The van der Waals surface area contributed by atoms with Gasteiger partial charge in [-0.05, 0) is 41.8 Å². The molecule has 2 unspecified atom stereocenters. The zero-order valence-electron chi connectivity index (χ0n) is 12.4. The summed E-state index contributed by atoms with van der Waals surface area (Å²) in [5.41, 5.74) is 1.82. The molecule has 1 fully saturated rings. The molecule has 4 heteroatoms. The normalized spacial score (nSPS) is 18.9. The van der Waals surface area contributed by atoms with Crippen LogP contribution < -0.4 is 0 Å². The lowest BCUT2D eigenvalue weighted by atomic mass is 9.72. The molecule has 2 aromatic carbocycles. The fourth-order valence-corrected chi connectivity index (χ4v) is 3.30. The summed E-state index contributed by atoms with van der Waals surface area (Å²) in [4.78, 5) is 0. The predicted octanol–water partition coefficient (Wildman–Crippen LogP) is 3.80. The number of halogens is 1. The molecule has 0 bridgehead atoms. The summed E-state index contributed by atoms with van der Waals surface area (Å²) in [5.74, 6) is 0.481. The first kappa shape index (κ1) is 15.2. The maximum atomic E-state index is 9.53. The van der Waals surface area contributed by atoms with Gasteiger partial charge in [0.1, 0.15) is 11.5 Å². The standard InChI is InChI=1S/C18H19ClO3/c1-18(10-16(19)17-11-22-17,12-2-6-14(20)7-3-12)13-4-8-15(21)9-5-13/h2-9,16-17,20-21H,10-11H2,1H3. The quantitative estimate of drug-likeness (QED) is 0.651. The van der Waals surface area contributed by atoms with Crippen LogP contribution in [0.15, 0.2) is 48.5 Å². The van der Waals surface area contributed by atoms with E-state index in [4.69, 9.17) is 16.3 Å². The van der Waals surface area contributed by atoms with Crippen molar-refractivity contribution in [2.45, 2.75) is 30.2 Å². The second-order valence-corrected chi connectivity index (χ2v) is 6.58. The van der Waals surface area contributed by atoms with Gasteiger partial charge in [-0.3, -0.25) is 0 Å². The smallest absolute Gasteiger partial charge is 0.115 e. The minimum absolute atomic E-state index is 0.0763. The number of alkyl halides is 1. The van der Waals surface area contributed by atoms with Crippen LogP contribution in [0.3, 0.4) is 0 Å². The summed E-state index contributed by atoms with van der Waals surface area (Å²) in [7, 11) is 0. The van der Waals surface area contributed by atoms with Gasteiger partial charge in [-0.2, -0.15) is 0 Å². The van der Waals surface area contributed by atoms with Gasteiger partial charge in [0.05, 0.1) is 18.1 Å². The molecule has 3 rings (SSSR count). The van der Waals surface area contributed by atoms with Crippen LogP contribution >= 0.6 is 11.6 Å². The van der Waals surface area contributed by atoms with Gasteiger partial charge in [-0.1, -0.05) is 31.2 Å². The molecular formula is C18H19ClO3. The highest BCUT2D eigenvalue weighted by molar-refractivity contribution is 6.21. The summed E-state index contributed by atoms with van der Waals surface area (Å²) in [6.07, 6.45) is 0.838. The van der Waals surface area contributed by atoms with Crippen molar-refractivity contribution in [3.8, 4) is 11.5 Å². The van der Waals surface area contributed by atoms with Crippen LogP contribution in [0.5, 0.6) is 11.5 Å². The number of phenolic OH excluding ortho intramolecular Hbond substituents is 2. The molecule has 0 aromatic heterocycles. The monoisotopic (exact) mass is 318 g/mol. The Balaban J connectivity index is 1.99. The average molecular weight is 319 g/mol. The molecule has 2 aromatic rings. The average Bonchev–Trinajstić information content (AvgIpc) is 3.33. The summed E-state index contributed by atoms with van der Waals surface area (Å²) < 4.78 is 5.31. The molecule has 0 spiro atoms. The zero-order chi connectivity index (χ0) is 15.7. The molecule has 22 heavy (non-hydrogen) atoms. The minimum Gasteiger partial charge on any atom is -0.508 e. The highest BCUT2D eigenvalue weighted by Gasteiger charge is 2.39. The molecule has 1 aliphatic rings. The first-order valence-electron chi connectivity index (χ1n) is 7.34. The summed E-state index contributed by atoms with van der Waals surface area (Å²) in [6, 6.07) is 14.4. The van der Waals surface area contributed by atoms with Crippen molar-refractivity contribution in [2.24, 2.45) is 0 Å². The SMILES string of the molecule is CC(CC(Cl)C1CO1)(c1ccc(O)cc1)c1ccc(O)cc1. The fraction of sp³-hybridized carbons (Fsp3) is 0.333. The van der Waals surface area contributed by atoms with E-state index in [0.717, 1.165) is 24.2 Å². The molecule has 0 saturated carbocycles. The Kier molecular flexibility index (Phi) is 4.02. The van der Waals surface area contributed by atoms with Crippen molar-refractivity contribution in [3.63, 3.8) is 0 Å². The molecule has 2 N–H and O–H groups in total. The van der Waals surface area contributed by atoms with E-state index in [2.05, 4.69) is 6.92 Å². The summed E-state index contributed by atoms with van der Waals surface area (Å²) in [6.45, 7) is 2.85. The van der Waals surface area contributed by atoms with Crippen molar-refractivity contribution in [1.82, 2.24) is 0 Å². The van der Waals surface area contributed by atoms with Gasteiger partial charge in [0.25, 0.3) is 0 Å². The molecule has 1 saturated heterocycles. The lowest BCUT2D eigenvalue weighted by Gasteiger charge is -2.33. The Labute approximate surface area is 135 Å². The Morgan fingerprint density at radius 2 is 1.45 bits per heavy atom. The van der Waals surface area contributed by atoms with E-state index in [0.29, 0.717) is 0 Å². The lowest BCUT2D eigenvalue weighted by molar-refractivity contribution is 0.373. The van der Waals surface area contributed by atoms with Crippen LogP contribution in [0.4, 0.5) is 0 Å². The fourth-order valence-electron chi connectivity index (χ4n) is 2.85. The zero-order valence-corrected chi connectivity index (χ0v) is 13.1. The van der Waals surface area contributed by atoms with E-state index >= 15 is 0 Å². The van der Waals surface area contributed by atoms with E-state index in [9.17, 15) is 10.2 Å². The van der Waals surface area contributed by atoms with E-state index < -0.39 is 0 Å². The van der Waals surface area contributed by atoms with Crippen molar-refractivity contribution >= 4 is 11.6 Å². The first-order valence-corrected chi connectivity index (χ1v) is 7.77. The molecule has 0 aliphatic carbocycles. The van der Waals surface area contributed by atoms with E-state index in [1.807, 2.05) is 24.3 Å². The molecule has 1 aliphatic heterocycles. The van der Waals surface area contributed by atoms with Crippen LogP contribution in [0, 0.1) is 0 Å². The summed E-state index contributed by atoms with van der Waals surface area (Å²) in [5, 5.41) is 19.0. The molecule has 0 amide bonds. The Morgan fingerprint density at radius 1 is 1.05 bits per heavy atom. The highest BCUT2D eigenvalue weighted by Crippen LogP contribution is 2.40. The maximum Gasteiger partial charge on any atom is 0.115 e. The van der Waals surface area contributed by atoms with Crippen molar-refractivity contribution in [1.29, 1.82) is 0 Å². The predicted molar refractivity (Wildman–Crippen MR) is 86.7 cm³/mol. The van der Waals surface area contributed by atoms with Crippen LogP contribution in [-0.4, -0.2) is 28.3 Å². The topological polar surface area (TPSA) is 53.0 Å². The third kappa shape index (κ3) is 3.06. The second-order valence-electron chi connectivity index (χ2n) is 6.02. The van der Waals surface area contributed by atoms with Gasteiger partial charge in [-0.25, -0.2) is 0 Å². The maximum absolute atomic E-state index is 9.53. The number of hydrogen-bond donors (Lipinski definition) is 2. The first-order chi connectivity index (χ1) is 10.5. The van der Waals surface area contributed by atoms with Crippen LogP contribution in [-0.2, 0) is 10.2 Å². The Hall–Kier alpha value is -1.71. The van der Waals surface area contributed by atoms with Crippen molar-refractivity contribution in [3.05, 3.63) is 59.7 Å². The summed E-state index contributed by atoms with van der Waals surface area (Å²) >= 11 is 6.50. The lowest BCUT2D eigenvalue weighted by Crippen LogP contribution is -2.29. The molecular weight excluding hydrogens is 300 g/mol. The largest absolute Gasteiger partial charge is 0.508 e. The van der Waals surface area contributed by atoms with Gasteiger partial charge in [0, 0.05) is 5.41 Å². The van der Waals surface area contributed by atoms with Crippen molar-refractivity contribution in [2.75, 3.05) is 6.61 Å². The Bertz CT molecular complexity index is 587. The van der Waals surface area contributed by atoms with Gasteiger partial charge >= 0.3 is 0 Å². The molecule has 0 radical (unpaired) electrons. The van der Waals surface area contributed by atoms with E-state index in [-0.39, 0.29) is 28.4 Å². The number of benzene rings is 2. The molecule has 116 valence electrons. The number of ether oxygens (including phenoxy) is 1. The van der Waals surface area contributed by atoms with Crippen LogP contribution in [0.25, 0.3) is 0 Å². The number of hydrogen-bond acceptors (Lipinski definition) is 3. The van der Waals surface area contributed by atoms with Gasteiger partial charge in [0.2, 0.25) is 0 Å². The highest BCUT2D eigenvalue weighted by atomic mass is 35.5. The molecule has 2 atom stereocenters. The molecule has 1 heterocycles.